The highest BCUT2D eigenvalue weighted by Crippen LogP contribution is 2.31. The monoisotopic (exact) mass is 415 g/mol. The van der Waals surface area contributed by atoms with E-state index in [9.17, 15) is 14.7 Å². The average Bonchev–Trinajstić information content (AvgIpc) is 2.83. The second-order valence-corrected chi connectivity index (χ2v) is 7.76. The van der Waals surface area contributed by atoms with Gasteiger partial charge in [-0.2, -0.15) is 0 Å². The predicted molar refractivity (Wildman–Crippen MR) is 118 cm³/mol. The summed E-state index contributed by atoms with van der Waals surface area (Å²) >= 11 is 0. The zero-order valence-corrected chi connectivity index (χ0v) is 17.2. The predicted octanol–water partition coefficient (Wildman–Crippen LogP) is 4.98. The first-order valence-electron chi connectivity index (χ1n) is 10.5. The molecule has 5 heteroatoms. The van der Waals surface area contributed by atoms with Crippen LogP contribution in [0.4, 0.5) is 0 Å². The number of hydrogen-bond donors (Lipinski definition) is 1. The van der Waals surface area contributed by atoms with E-state index in [1.165, 1.54) is 0 Å². The molecule has 1 N–H and O–H groups in total. The van der Waals surface area contributed by atoms with Crippen molar-refractivity contribution in [3.8, 4) is 5.75 Å². The second-order valence-electron chi connectivity index (χ2n) is 7.76. The number of nitrogens with zero attached hydrogens (tertiary/aromatic N) is 1. The van der Waals surface area contributed by atoms with Gasteiger partial charge in [0.15, 0.2) is 0 Å². The number of carbonyl (C=O) groups excluding carboxylic acids is 1. The van der Waals surface area contributed by atoms with Gasteiger partial charge in [0.05, 0.1) is 5.56 Å². The molecule has 1 heterocycles. The third-order valence-corrected chi connectivity index (χ3v) is 5.76. The Morgan fingerprint density at radius 1 is 0.871 bits per heavy atom. The maximum absolute atomic E-state index is 12.9. The van der Waals surface area contributed by atoms with E-state index in [0.29, 0.717) is 30.8 Å². The van der Waals surface area contributed by atoms with Crippen molar-refractivity contribution in [1.29, 1.82) is 0 Å². The lowest BCUT2D eigenvalue weighted by molar-refractivity contribution is 0.0680. The molecule has 5 nitrogen and oxygen atoms in total. The van der Waals surface area contributed by atoms with Crippen LogP contribution in [0.2, 0.25) is 0 Å². The molecule has 1 aliphatic rings. The van der Waals surface area contributed by atoms with Crippen molar-refractivity contribution >= 4 is 11.9 Å². The van der Waals surface area contributed by atoms with Gasteiger partial charge in [-0.25, -0.2) is 4.79 Å². The quantitative estimate of drug-likeness (QED) is 0.616. The Balaban J connectivity index is 1.34. The van der Waals surface area contributed by atoms with Gasteiger partial charge in [0.1, 0.15) is 12.4 Å². The SMILES string of the molecule is O=C(O)c1ccccc1C1CCN(C(=O)c2ccc(COc3ccccc3)cc2)CC1. The number of para-hydroxylation sites is 1. The topological polar surface area (TPSA) is 66.8 Å². The molecular formula is C26H25NO4. The summed E-state index contributed by atoms with van der Waals surface area (Å²) in [6.07, 6.45) is 1.53. The van der Waals surface area contributed by atoms with Crippen LogP contribution < -0.4 is 4.74 Å². The summed E-state index contributed by atoms with van der Waals surface area (Å²) in [6, 6.07) is 24.3. The van der Waals surface area contributed by atoms with Crippen molar-refractivity contribution in [2.75, 3.05) is 13.1 Å². The van der Waals surface area contributed by atoms with Crippen molar-refractivity contribution in [3.63, 3.8) is 0 Å². The molecule has 3 aromatic carbocycles. The largest absolute Gasteiger partial charge is 0.489 e. The lowest BCUT2D eigenvalue weighted by Gasteiger charge is -2.32. The number of aromatic carboxylic acids is 1. The van der Waals surface area contributed by atoms with Gasteiger partial charge in [-0.05, 0) is 60.2 Å². The molecular weight excluding hydrogens is 390 g/mol. The van der Waals surface area contributed by atoms with Crippen molar-refractivity contribution in [2.45, 2.75) is 25.4 Å². The van der Waals surface area contributed by atoms with E-state index in [-0.39, 0.29) is 11.8 Å². The molecule has 0 atom stereocenters. The molecule has 3 aromatic rings. The number of carboxylic acid groups (broad SMARTS) is 1. The van der Waals surface area contributed by atoms with Crippen molar-refractivity contribution in [1.82, 2.24) is 4.90 Å². The lowest BCUT2D eigenvalue weighted by Crippen LogP contribution is -2.38. The molecule has 1 aliphatic heterocycles. The number of carbonyl (C=O) groups is 2. The van der Waals surface area contributed by atoms with Gasteiger partial charge in [0.25, 0.3) is 5.91 Å². The van der Waals surface area contributed by atoms with E-state index in [4.69, 9.17) is 4.74 Å². The Bertz CT molecular complexity index is 1040. The number of rotatable bonds is 6. The standard InChI is InChI=1S/C26H25NO4/c28-25(21-12-10-19(11-13-21)18-31-22-6-2-1-3-7-22)27-16-14-20(15-17-27)23-8-4-5-9-24(23)26(29)30/h1-13,20H,14-18H2,(H,29,30). The van der Waals surface area contributed by atoms with Gasteiger partial charge < -0.3 is 14.7 Å². The molecule has 158 valence electrons. The minimum absolute atomic E-state index is 0.0143. The summed E-state index contributed by atoms with van der Waals surface area (Å²) in [6.45, 7) is 1.69. The Labute approximate surface area is 181 Å². The summed E-state index contributed by atoms with van der Waals surface area (Å²) in [5.41, 5.74) is 2.89. The second kappa shape index (κ2) is 9.47. The lowest BCUT2D eigenvalue weighted by atomic mass is 9.86. The fourth-order valence-electron chi connectivity index (χ4n) is 4.05. The maximum atomic E-state index is 12.9. The highest BCUT2D eigenvalue weighted by molar-refractivity contribution is 5.94. The van der Waals surface area contributed by atoms with E-state index < -0.39 is 5.97 Å². The van der Waals surface area contributed by atoms with Crippen LogP contribution in [0.25, 0.3) is 0 Å². The molecule has 4 rings (SSSR count). The first kappa shape index (κ1) is 20.7. The van der Waals surface area contributed by atoms with Gasteiger partial charge in [-0.3, -0.25) is 4.79 Å². The normalized spacial score (nSPS) is 14.3. The summed E-state index contributed by atoms with van der Waals surface area (Å²) in [7, 11) is 0. The number of amides is 1. The smallest absolute Gasteiger partial charge is 0.335 e. The van der Waals surface area contributed by atoms with Crippen molar-refractivity contribution in [3.05, 3.63) is 101 Å². The van der Waals surface area contributed by atoms with Crippen LogP contribution in [0.5, 0.6) is 5.75 Å². The first-order valence-corrected chi connectivity index (χ1v) is 10.5. The highest BCUT2D eigenvalue weighted by atomic mass is 16.5. The molecule has 0 aromatic heterocycles. The van der Waals surface area contributed by atoms with E-state index in [2.05, 4.69) is 0 Å². The molecule has 1 saturated heterocycles. The average molecular weight is 415 g/mol. The Morgan fingerprint density at radius 2 is 1.52 bits per heavy atom. The van der Waals surface area contributed by atoms with Crippen molar-refractivity contribution < 1.29 is 19.4 Å². The summed E-state index contributed by atoms with van der Waals surface area (Å²) < 4.78 is 5.75. The fraction of sp³-hybridized carbons (Fsp3) is 0.231. The number of benzene rings is 3. The minimum atomic E-state index is -0.898. The van der Waals surface area contributed by atoms with E-state index in [1.807, 2.05) is 71.6 Å². The molecule has 1 fully saturated rings. The highest BCUT2D eigenvalue weighted by Gasteiger charge is 2.26. The molecule has 0 radical (unpaired) electrons. The number of hydrogen-bond acceptors (Lipinski definition) is 3. The van der Waals surface area contributed by atoms with Crippen LogP contribution in [0.3, 0.4) is 0 Å². The Morgan fingerprint density at radius 3 is 2.19 bits per heavy atom. The third-order valence-electron chi connectivity index (χ3n) is 5.76. The number of likely N-dealkylation sites (tertiary alicyclic amines) is 1. The molecule has 0 spiro atoms. The molecule has 31 heavy (non-hydrogen) atoms. The van der Waals surface area contributed by atoms with E-state index in [0.717, 1.165) is 29.7 Å². The van der Waals surface area contributed by atoms with Gasteiger partial charge >= 0.3 is 5.97 Å². The summed E-state index contributed by atoms with van der Waals surface area (Å²) in [5.74, 6) is 0.0924. The van der Waals surface area contributed by atoms with Crippen LogP contribution in [0.1, 0.15) is 50.6 Å². The molecule has 0 bridgehead atoms. The molecule has 0 aliphatic carbocycles. The minimum Gasteiger partial charge on any atom is -0.489 e. The third kappa shape index (κ3) is 4.94. The van der Waals surface area contributed by atoms with E-state index >= 15 is 0 Å². The van der Waals surface area contributed by atoms with Crippen molar-refractivity contribution in [2.24, 2.45) is 0 Å². The Hall–Kier alpha value is -3.60. The van der Waals surface area contributed by atoms with E-state index in [1.54, 1.807) is 12.1 Å². The first-order chi connectivity index (χ1) is 15.1. The van der Waals surface area contributed by atoms with Crippen LogP contribution in [0.15, 0.2) is 78.9 Å². The summed E-state index contributed by atoms with van der Waals surface area (Å²) in [5, 5.41) is 9.44. The van der Waals surface area contributed by atoms with Gasteiger partial charge in [-0.1, -0.05) is 48.5 Å². The number of piperidine rings is 1. The van der Waals surface area contributed by atoms with Gasteiger partial charge in [0, 0.05) is 18.7 Å². The Kier molecular flexibility index (Phi) is 6.32. The number of ether oxygens (including phenoxy) is 1. The zero-order chi connectivity index (χ0) is 21.6. The van der Waals surface area contributed by atoms with Crippen LogP contribution in [-0.4, -0.2) is 35.0 Å². The molecule has 1 amide bonds. The zero-order valence-electron chi connectivity index (χ0n) is 17.2. The van der Waals surface area contributed by atoms with Gasteiger partial charge in [-0.15, -0.1) is 0 Å². The summed E-state index contributed by atoms with van der Waals surface area (Å²) in [4.78, 5) is 26.3. The van der Waals surface area contributed by atoms with Crippen LogP contribution in [-0.2, 0) is 6.61 Å². The maximum Gasteiger partial charge on any atom is 0.335 e. The fourth-order valence-corrected chi connectivity index (χ4v) is 4.05. The van der Waals surface area contributed by atoms with Crippen LogP contribution >= 0.6 is 0 Å². The molecule has 0 unspecified atom stereocenters. The van der Waals surface area contributed by atoms with Gasteiger partial charge in [0.2, 0.25) is 0 Å². The van der Waals surface area contributed by atoms with Crippen LogP contribution in [0, 0.1) is 0 Å². The molecule has 0 saturated carbocycles. The number of carboxylic acids is 1.